The minimum Gasteiger partial charge on any atom is -0.493 e. The summed E-state index contributed by atoms with van der Waals surface area (Å²) in [6, 6.07) is 10.5. The molecule has 4 rings (SSSR count). The first kappa shape index (κ1) is 17.3. The summed E-state index contributed by atoms with van der Waals surface area (Å²) >= 11 is 0. The van der Waals surface area contributed by atoms with Gasteiger partial charge in [0.2, 0.25) is 5.88 Å². The Morgan fingerprint density at radius 1 is 1.11 bits per heavy atom. The summed E-state index contributed by atoms with van der Waals surface area (Å²) < 4.78 is 49.6. The first-order chi connectivity index (χ1) is 12.8. The smallest absolute Gasteiger partial charge is 0.416 e. The van der Waals surface area contributed by atoms with Crippen LogP contribution in [0.2, 0.25) is 0 Å². The van der Waals surface area contributed by atoms with Gasteiger partial charge in [0.15, 0.2) is 0 Å². The van der Waals surface area contributed by atoms with E-state index >= 15 is 0 Å². The van der Waals surface area contributed by atoms with E-state index in [2.05, 4.69) is 4.98 Å². The second kappa shape index (κ2) is 6.26. The molecule has 0 saturated heterocycles. The number of pyridine rings is 1. The van der Waals surface area contributed by atoms with E-state index in [1.54, 1.807) is 18.2 Å². The molecular weight excluding hydrogens is 359 g/mol. The van der Waals surface area contributed by atoms with Gasteiger partial charge in [0, 0.05) is 30.4 Å². The molecular formula is C20H14F3NO3. The van der Waals surface area contributed by atoms with Crippen molar-refractivity contribution in [3.63, 3.8) is 0 Å². The summed E-state index contributed by atoms with van der Waals surface area (Å²) in [5.74, 6) is -0.0399. The number of carbonyl (C=O) groups is 1. The van der Waals surface area contributed by atoms with Crippen molar-refractivity contribution in [1.29, 1.82) is 0 Å². The molecule has 7 heteroatoms. The van der Waals surface area contributed by atoms with Crippen LogP contribution in [-0.2, 0) is 17.4 Å². The normalized spacial score (nSPS) is 13.3. The van der Waals surface area contributed by atoms with E-state index in [0.717, 1.165) is 28.6 Å². The van der Waals surface area contributed by atoms with Crippen LogP contribution in [0.4, 0.5) is 13.2 Å². The summed E-state index contributed by atoms with van der Waals surface area (Å²) in [5, 5.41) is 0.847. The van der Waals surface area contributed by atoms with E-state index < -0.39 is 17.7 Å². The van der Waals surface area contributed by atoms with Gasteiger partial charge in [-0.15, -0.1) is 0 Å². The molecule has 0 fully saturated rings. The number of fused-ring (bicyclic) bond motifs is 5. The van der Waals surface area contributed by atoms with Crippen molar-refractivity contribution < 1.29 is 27.4 Å². The van der Waals surface area contributed by atoms with Gasteiger partial charge in [-0.05, 0) is 35.4 Å². The Hall–Kier alpha value is -3.09. The van der Waals surface area contributed by atoms with Crippen molar-refractivity contribution in [3.05, 3.63) is 53.6 Å². The van der Waals surface area contributed by atoms with Crippen molar-refractivity contribution in [3.8, 4) is 22.8 Å². The first-order valence-electron chi connectivity index (χ1n) is 8.28. The van der Waals surface area contributed by atoms with Gasteiger partial charge in [0.05, 0.1) is 17.7 Å². The van der Waals surface area contributed by atoms with Crippen LogP contribution >= 0.6 is 0 Å². The Kier molecular flexibility index (Phi) is 4.02. The van der Waals surface area contributed by atoms with E-state index in [1.165, 1.54) is 13.0 Å². The predicted octanol–water partition coefficient (Wildman–Crippen LogP) is 4.78. The van der Waals surface area contributed by atoms with Gasteiger partial charge in [0.1, 0.15) is 5.75 Å². The monoisotopic (exact) mass is 373 g/mol. The van der Waals surface area contributed by atoms with Gasteiger partial charge in [-0.25, -0.2) is 4.98 Å². The molecule has 2 aromatic carbocycles. The van der Waals surface area contributed by atoms with E-state index in [4.69, 9.17) is 9.47 Å². The summed E-state index contributed by atoms with van der Waals surface area (Å²) in [7, 11) is 0. The number of halogens is 3. The number of carbonyl (C=O) groups excluding carboxylic acids is 1. The lowest BCUT2D eigenvalue weighted by atomic mass is 9.93. The van der Waals surface area contributed by atoms with Crippen LogP contribution < -0.4 is 9.47 Å². The molecule has 138 valence electrons. The van der Waals surface area contributed by atoms with Crippen molar-refractivity contribution >= 4 is 16.9 Å². The number of nitrogens with zero attached hydrogens (tertiary/aromatic N) is 1. The summed E-state index contributed by atoms with van der Waals surface area (Å²) in [6.45, 7) is 1.55. The van der Waals surface area contributed by atoms with Crippen LogP contribution in [0, 0.1) is 0 Å². The molecule has 1 aromatic heterocycles. The summed E-state index contributed by atoms with van der Waals surface area (Å²) in [6.07, 6.45) is -3.90. The molecule has 0 spiro atoms. The third kappa shape index (κ3) is 3.20. The molecule has 1 aliphatic rings. The second-order valence-corrected chi connectivity index (χ2v) is 6.21. The van der Waals surface area contributed by atoms with Gasteiger partial charge >= 0.3 is 12.1 Å². The second-order valence-electron chi connectivity index (χ2n) is 6.21. The number of esters is 1. The van der Waals surface area contributed by atoms with E-state index in [0.29, 0.717) is 17.5 Å². The third-order valence-corrected chi connectivity index (χ3v) is 4.41. The SMILES string of the molecule is CC(=O)Oc1ccc2c3c(ccc2n1)-c1ccc(C(F)(F)F)cc1OCC3. The average Bonchev–Trinajstić information content (AvgIpc) is 2.79. The number of hydrogen-bond acceptors (Lipinski definition) is 4. The number of rotatable bonds is 1. The maximum absolute atomic E-state index is 13.0. The predicted molar refractivity (Wildman–Crippen MR) is 92.7 cm³/mol. The van der Waals surface area contributed by atoms with Crippen LogP contribution in [0.3, 0.4) is 0 Å². The van der Waals surface area contributed by atoms with Crippen LogP contribution in [0.1, 0.15) is 18.1 Å². The third-order valence-electron chi connectivity index (χ3n) is 4.41. The zero-order chi connectivity index (χ0) is 19.2. The summed E-state index contributed by atoms with van der Waals surface area (Å²) in [4.78, 5) is 15.4. The molecule has 0 unspecified atom stereocenters. The number of ether oxygens (including phenoxy) is 2. The molecule has 0 amide bonds. The highest BCUT2D eigenvalue weighted by Gasteiger charge is 2.32. The number of hydrogen-bond donors (Lipinski definition) is 0. The quantitative estimate of drug-likeness (QED) is 0.576. The number of aromatic nitrogens is 1. The van der Waals surface area contributed by atoms with E-state index in [-0.39, 0.29) is 18.2 Å². The van der Waals surface area contributed by atoms with Crippen LogP contribution in [-0.4, -0.2) is 17.6 Å². The molecule has 0 atom stereocenters. The largest absolute Gasteiger partial charge is 0.493 e. The zero-order valence-corrected chi connectivity index (χ0v) is 14.3. The Morgan fingerprint density at radius 3 is 2.63 bits per heavy atom. The van der Waals surface area contributed by atoms with Gasteiger partial charge < -0.3 is 9.47 Å². The minimum absolute atomic E-state index is 0.204. The van der Waals surface area contributed by atoms with Crippen molar-refractivity contribution in [1.82, 2.24) is 4.98 Å². The van der Waals surface area contributed by atoms with Crippen molar-refractivity contribution in [2.24, 2.45) is 0 Å². The molecule has 3 aromatic rings. The van der Waals surface area contributed by atoms with Gasteiger partial charge in [0.25, 0.3) is 0 Å². The Bertz CT molecular complexity index is 1060. The molecule has 4 nitrogen and oxygen atoms in total. The van der Waals surface area contributed by atoms with Crippen LogP contribution in [0.15, 0.2) is 42.5 Å². The Morgan fingerprint density at radius 2 is 1.89 bits per heavy atom. The average molecular weight is 373 g/mol. The minimum atomic E-state index is -4.42. The molecule has 0 radical (unpaired) electrons. The highest BCUT2D eigenvalue weighted by atomic mass is 19.4. The molecule has 0 bridgehead atoms. The van der Waals surface area contributed by atoms with Crippen LogP contribution in [0.5, 0.6) is 11.6 Å². The van der Waals surface area contributed by atoms with Gasteiger partial charge in [-0.2, -0.15) is 13.2 Å². The fraction of sp³-hybridized carbons (Fsp3) is 0.200. The maximum Gasteiger partial charge on any atom is 0.416 e. The molecule has 0 aliphatic carbocycles. The standard InChI is InChI=1S/C20H14F3NO3/c1-11(25)27-19-7-5-15-14-8-9-26-18-10-12(20(21,22)23)2-3-16(18)13(14)4-6-17(15)24-19/h2-7,10H,8-9H2,1H3. The molecule has 0 saturated carbocycles. The number of alkyl halides is 3. The Balaban J connectivity index is 1.85. The topological polar surface area (TPSA) is 48.4 Å². The van der Waals surface area contributed by atoms with Gasteiger partial charge in [-0.3, -0.25) is 4.79 Å². The molecule has 0 N–H and O–H groups in total. The lowest BCUT2D eigenvalue weighted by Crippen LogP contribution is -2.06. The fourth-order valence-corrected chi connectivity index (χ4v) is 3.28. The first-order valence-corrected chi connectivity index (χ1v) is 8.28. The fourth-order valence-electron chi connectivity index (χ4n) is 3.28. The lowest BCUT2D eigenvalue weighted by Gasteiger charge is -2.13. The highest BCUT2D eigenvalue weighted by Crippen LogP contribution is 2.41. The van der Waals surface area contributed by atoms with E-state index in [1.807, 2.05) is 6.07 Å². The molecule has 2 heterocycles. The zero-order valence-electron chi connectivity index (χ0n) is 14.3. The lowest BCUT2D eigenvalue weighted by molar-refractivity contribution is -0.137. The van der Waals surface area contributed by atoms with Crippen molar-refractivity contribution in [2.45, 2.75) is 19.5 Å². The number of benzene rings is 2. The molecule has 27 heavy (non-hydrogen) atoms. The maximum atomic E-state index is 13.0. The van der Waals surface area contributed by atoms with Crippen molar-refractivity contribution in [2.75, 3.05) is 6.61 Å². The van der Waals surface area contributed by atoms with Crippen LogP contribution in [0.25, 0.3) is 22.0 Å². The van der Waals surface area contributed by atoms with E-state index in [9.17, 15) is 18.0 Å². The highest BCUT2D eigenvalue weighted by molar-refractivity contribution is 5.91. The summed E-state index contributed by atoms with van der Waals surface area (Å²) in [5.41, 5.74) is 2.26. The molecule has 1 aliphatic heterocycles. The van der Waals surface area contributed by atoms with Gasteiger partial charge in [-0.1, -0.05) is 12.1 Å². The Labute approximate surface area is 152 Å².